The summed E-state index contributed by atoms with van der Waals surface area (Å²) in [6, 6.07) is 0. The van der Waals surface area contributed by atoms with E-state index in [2.05, 4.69) is 42.9 Å². The van der Waals surface area contributed by atoms with Crippen LogP contribution in [0.25, 0.3) is 0 Å². The Hall–Kier alpha value is -0.0500. The highest BCUT2D eigenvalue weighted by Crippen LogP contribution is 2.46. The van der Waals surface area contributed by atoms with Gasteiger partial charge < -0.3 is 10.2 Å². The minimum atomic E-state index is -2.95. The number of hydrogen-bond donors (Lipinski definition) is 1. The summed E-state index contributed by atoms with van der Waals surface area (Å²) in [5, 5.41) is 3.25. The molecule has 0 saturated carbocycles. The summed E-state index contributed by atoms with van der Waals surface area (Å²) in [4.78, 5) is 6.66. The van der Waals surface area contributed by atoms with E-state index in [0.717, 1.165) is 19.0 Å². The zero-order valence-electron chi connectivity index (χ0n) is 13.4. The standard InChI is InChI=1S/C13H27N3O2S.HI/c1-7-14-11(15-8-9-19(6,17)18)16-10-12(2,3)13(16,4)5;/h7-10H2,1-6H3,(H,14,15);1H. The summed E-state index contributed by atoms with van der Waals surface area (Å²) in [6.45, 7) is 12.9. The van der Waals surface area contributed by atoms with Crippen molar-refractivity contribution in [2.24, 2.45) is 10.4 Å². The first kappa shape index (κ1) is 19.9. The minimum Gasteiger partial charge on any atom is -0.356 e. The van der Waals surface area contributed by atoms with Crippen molar-refractivity contribution >= 4 is 39.8 Å². The van der Waals surface area contributed by atoms with Gasteiger partial charge in [0.05, 0.1) is 12.3 Å². The van der Waals surface area contributed by atoms with Gasteiger partial charge in [-0.05, 0) is 20.8 Å². The van der Waals surface area contributed by atoms with Crippen LogP contribution in [0.2, 0.25) is 0 Å². The fourth-order valence-electron chi connectivity index (χ4n) is 2.11. The third kappa shape index (κ3) is 4.47. The van der Waals surface area contributed by atoms with Crippen LogP contribution in [0.5, 0.6) is 0 Å². The van der Waals surface area contributed by atoms with Gasteiger partial charge in [-0.3, -0.25) is 4.99 Å². The molecule has 0 unspecified atom stereocenters. The van der Waals surface area contributed by atoms with E-state index in [1.54, 1.807) is 0 Å². The lowest BCUT2D eigenvalue weighted by atomic mass is 9.65. The molecule has 0 aliphatic carbocycles. The third-order valence-electron chi connectivity index (χ3n) is 4.20. The van der Waals surface area contributed by atoms with E-state index in [0.29, 0.717) is 6.54 Å². The number of hydrogen-bond acceptors (Lipinski definition) is 3. The van der Waals surface area contributed by atoms with Crippen LogP contribution in [0.1, 0.15) is 34.6 Å². The first-order valence-electron chi connectivity index (χ1n) is 6.75. The molecule has 120 valence electrons. The number of guanidine groups is 1. The number of nitrogens with one attached hydrogen (secondary N) is 1. The molecule has 0 aromatic heterocycles. The molecule has 0 atom stereocenters. The van der Waals surface area contributed by atoms with Crippen LogP contribution in [-0.2, 0) is 9.84 Å². The number of nitrogens with zero attached hydrogens (tertiary/aromatic N) is 2. The van der Waals surface area contributed by atoms with Gasteiger partial charge in [0.2, 0.25) is 0 Å². The average Bonchev–Trinajstić information content (AvgIpc) is 2.23. The van der Waals surface area contributed by atoms with Crippen molar-refractivity contribution in [1.29, 1.82) is 0 Å². The van der Waals surface area contributed by atoms with Crippen LogP contribution in [0.3, 0.4) is 0 Å². The highest BCUT2D eigenvalue weighted by Gasteiger charge is 2.53. The molecule has 1 heterocycles. The summed E-state index contributed by atoms with van der Waals surface area (Å²) in [5.41, 5.74) is 0.263. The monoisotopic (exact) mass is 417 g/mol. The molecule has 0 bridgehead atoms. The SMILES string of the molecule is CCNC(=NCCS(C)(=O)=O)N1CC(C)(C)C1(C)C.I. The Morgan fingerprint density at radius 1 is 1.30 bits per heavy atom. The van der Waals surface area contributed by atoms with Gasteiger partial charge in [0, 0.05) is 30.3 Å². The van der Waals surface area contributed by atoms with Crippen LogP contribution < -0.4 is 5.32 Å². The van der Waals surface area contributed by atoms with Crippen LogP contribution in [0.4, 0.5) is 0 Å². The van der Waals surface area contributed by atoms with Crippen LogP contribution in [-0.4, -0.2) is 56.5 Å². The van der Waals surface area contributed by atoms with Crippen molar-refractivity contribution in [3.63, 3.8) is 0 Å². The quantitative estimate of drug-likeness (QED) is 0.430. The molecule has 1 N–H and O–H groups in total. The lowest BCUT2D eigenvalue weighted by Gasteiger charge is -2.62. The summed E-state index contributed by atoms with van der Waals surface area (Å²) in [5.74, 6) is 0.912. The van der Waals surface area contributed by atoms with E-state index in [1.807, 2.05) is 6.92 Å². The molecule has 0 aromatic carbocycles. The van der Waals surface area contributed by atoms with E-state index in [-0.39, 0.29) is 40.7 Å². The molecular formula is C13H28IN3O2S. The van der Waals surface area contributed by atoms with Gasteiger partial charge in [0.25, 0.3) is 0 Å². The van der Waals surface area contributed by atoms with E-state index < -0.39 is 9.84 Å². The smallest absolute Gasteiger partial charge is 0.194 e. The Bertz CT molecular complexity index is 458. The van der Waals surface area contributed by atoms with Gasteiger partial charge in [0.1, 0.15) is 9.84 Å². The van der Waals surface area contributed by atoms with Crippen LogP contribution in [0, 0.1) is 5.41 Å². The second kappa shape index (κ2) is 6.81. The molecule has 1 rings (SSSR count). The maximum atomic E-state index is 11.2. The summed E-state index contributed by atoms with van der Waals surface area (Å²) in [6.07, 6.45) is 1.24. The van der Waals surface area contributed by atoms with Gasteiger partial charge in [-0.2, -0.15) is 0 Å². The maximum absolute atomic E-state index is 11.2. The summed E-state index contributed by atoms with van der Waals surface area (Å²) < 4.78 is 22.3. The van der Waals surface area contributed by atoms with Crippen molar-refractivity contribution in [3.8, 4) is 0 Å². The van der Waals surface area contributed by atoms with Crippen molar-refractivity contribution < 1.29 is 8.42 Å². The predicted octanol–water partition coefficient (Wildman–Crippen LogP) is 1.73. The lowest BCUT2D eigenvalue weighted by Crippen LogP contribution is -2.72. The second-order valence-corrected chi connectivity index (χ2v) is 8.65. The molecule has 1 aliphatic rings. The predicted molar refractivity (Wildman–Crippen MR) is 95.7 cm³/mol. The first-order valence-corrected chi connectivity index (χ1v) is 8.81. The number of aliphatic imine (C=N–C) groups is 1. The Kier molecular flexibility index (Phi) is 6.79. The molecule has 1 fully saturated rings. The van der Waals surface area contributed by atoms with Crippen molar-refractivity contribution in [2.75, 3.05) is 31.6 Å². The minimum absolute atomic E-state index is 0. The maximum Gasteiger partial charge on any atom is 0.194 e. The Balaban J connectivity index is 0.00000361. The Morgan fingerprint density at radius 2 is 1.85 bits per heavy atom. The molecule has 0 amide bonds. The van der Waals surface area contributed by atoms with E-state index in [1.165, 1.54) is 6.26 Å². The highest BCUT2D eigenvalue weighted by molar-refractivity contribution is 14.0. The molecular weight excluding hydrogens is 389 g/mol. The number of rotatable bonds is 4. The fraction of sp³-hybridized carbons (Fsp3) is 0.923. The zero-order chi connectivity index (χ0) is 14.9. The normalized spacial score (nSPS) is 20.9. The first-order chi connectivity index (χ1) is 8.51. The molecule has 1 saturated heterocycles. The number of likely N-dealkylation sites (tertiary alicyclic amines) is 1. The highest BCUT2D eigenvalue weighted by atomic mass is 127. The zero-order valence-corrected chi connectivity index (χ0v) is 16.5. The van der Waals surface area contributed by atoms with Gasteiger partial charge >= 0.3 is 0 Å². The average molecular weight is 417 g/mol. The number of sulfone groups is 1. The van der Waals surface area contributed by atoms with Crippen molar-refractivity contribution in [2.45, 2.75) is 40.2 Å². The molecule has 0 radical (unpaired) electrons. The summed E-state index contributed by atoms with van der Waals surface area (Å²) in [7, 11) is -2.95. The van der Waals surface area contributed by atoms with Crippen molar-refractivity contribution in [3.05, 3.63) is 0 Å². The molecule has 1 aliphatic heterocycles. The van der Waals surface area contributed by atoms with Crippen molar-refractivity contribution in [1.82, 2.24) is 10.2 Å². The van der Waals surface area contributed by atoms with Gasteiger partial charge in [-0.1, -0.05) is 13.8 Å². The topological polar surface area (TPSA) is 61.8 Å². The summed E-state index contributed by atoms with van der Waals surface area (Å²) >= 11 is 0. The fourth-order valence-corrected chi connectivity index (χ4v) is 2.54. The van der Waals surface area contributed by atoms with Crippen LogP contribution >= 0.6 is 24.0 Å². The Morgan fingerprint density at radius 3 is 2.20 bits per heavy atom. The van der Waals surface area contributed by atoms with Gasteiger partial charge in [0.15, 0.2) is 5.96 Å². The largest absolute Gasteiger partial charge is 0.356 e. The molecule has 7 heteroatoms. The van der Waals surface area contributed by atoms with Gasteiger partial charge in [-0.15, -0.1) is 24.0 Å². The molecule has 20 heavy (non-hydrogen) atoms. The van der Waals surface area contributed by atoms with E-state index >= 15 is 0 Å². The third-order valence-corrected chi connectivity index (χ3v) is 5.12. The van der Waals surface area contributed by atoms with Gasteiger partial charge in [-0.25, -0.2) is 8.42 Å². The van der Waals surface area contributed by atoms with E-state index in [4.69, 9.17) is 0 Å². The molecule has 0 aromatic rings. The van der Waals surface area contributed by atoms with Crippen LogP contribution in [0.15, 0.2) is 4.99 Å². The second-order valence-electron chi connectivity index (χ2n) is 6.39. The molecule has 0 spiro atoms. The number of halogens is 1. The lowest BCUT2D eigenvalue weighted by molar-refractivity contribution is -0.0667. The molecule has 5 nitrogen and oxygen atoms in total. The Labute approximate surface area is 140 Å². The van der Waals surface area contributed by atoms with E-state index in [9.17, 15) is 8.42 Å².